The van der Waals surface area contributed by atoms with Gasteiger partial charge in [0.2, 0.25) is 11.8 Å². The molecule has 0 saturated carbocycles. The minimum Gasteiger partial charge on any atom is -0.349 e. The van der Waals surface area contributed by atoms with Crippen LogP contribution in [0.1, 0.15) is 24.9 Å². The lowest BCUT2D eigenvalue weighted by atomic mass is 10.0. The smallest absolute Gasteiger partial charge is 0.225 e. The third-order valence-electron chi connectivity index (χ3n) is 5.09. The number of carbonyl (C=O) groups excluding carboxylic acids is 2. The van der Waals surface area contributed by atoms with E-state index in [1.807, 2.05) is 29.2 Å². The van der Waals surface area contributed by atoms with Crippen molar-refractivity contribution in [1.29, 1.82) is 0 Å². The van der Waals surface area contributed by atoms with E-state index in [-0.39, 0.29) is 24.3 Å². The van der Waals surface area contributed by atoms with Gasteiger partial charge in [-0.2, -0.15) is 0 Å². The molecule has 1 saturated heterocycles. The minimum atomic E-state index is -0.374. The monoisotopic (exact) mass is 443 g/mol. The van der Waals surface area contributed by atoms with Crippen LogP contribution in [0.5, 0.6) is 0 Å². The summed E-state index contributed by atoms with van der Waals surface area (Å²) in [6.07, 6.45) is 1.99. The molecule has 1 aliphatic heterocycles. The van der Waals surface area contributed by atoms with E-state index in [0.29, 0.717) is 18.1 Å². The first kappa shape index (κ1) is 20.6. The predicted octanol–water partition coefficient (Wildman–Crippen LogP) is 3.26. The van der Waals surface area contributed by atoms with Crippen LogP contribution >= 0.6 is 22.9 Å². The number of pyridine rings is 1. The first-order valence-corrected chi connectivity index (χ1v) is 11.0. The molecule has 1 unspecified atom stereocenters. The van der Waals surface area contributed by atoms with Crippen molar-refractivity contribution in [2.75, 3.05) is 31.1 Å². The zero-order valence-electron chi connectivity index (χ0n) is 16.5. The van der Waals surface area contributed by atoms with E-state index in [9.17, 15) is 9.59 Å². The van der Waals surface area contributed by atoms with Gasteiger partial charge < -0.3 is 15.1 Å². The summed E-state index contributed by atoms with van der Waals surface area (Å²) >= 11 is 7.54. The first-order chi connectivity index (χ1) is 14.5. The highest BCUT2D eigenvalue weighted by Crippen LogP contribution is 2.28. The molecule has 0 aliphatic carbocycles. The van der Waals surface area contributed by atoms with Gasteiger partial charge >= 0.3 is 0 Å². The fourth-order valence-corrected chi connectivity index (χ4v) is 4.62. The Morgan fingerprint density at radius 1 is 1.17 bits per heavy atom. The number of fused-ring (bicyclic) bond motifs is 1. The molecule has 1 aromatic carbocycles. The third-order valence-corrected chi connectivity index (χ3v) is 6.38. The standard InChI is InChI=1S/C21H22ClN5O2S/c1-14(28)24-18(15-4-6-16(22)7-5-15)13-19(29)26-9-11-27(12-10-26)21-25-17-3-2-8-23-20(17)30-21/h2-8,18H,9-13H2,1H3,(H,24,28). The third kappa shape index (κ3) is 4.71. The Balaban J connectivity index is 1.38. The molecule has 3 heterocycles. The number of rotatable bonds is 5. The summed E-state index contributed by atoms with van der Waals surface area (Å²) in [7, 11) is 0. The van der Waals surface area contributed by atoms with Crippen LogP contribution in [0.3, 0.4) is 0 Å². The Morgan fingerprint density at radius 2 is 1.90 bits per heavy atom. The molecule has 1 atom stereocenters. The van der Waals surface area contributed by atoms with Gasteiger partial charge in [-0.15, -0.1) is 0 Å². The first-order valence-electron chi connectivity index (χ1n) is 9.76. The SMILES string of the molecule is CC(=O)NC(CC(=O)N1CCN(c2nc3cccnc3s2)CC1)c1ccc(Cl)cc1. The number of piperazine rings is 1. The minimum absolute atomic E-state index is 0.0225. The number of halogens is 1. The average molecular weight is 444 g/mol. The van der Waals surface area contributed by atoms with Gasteiger partial charge in [0.25, 0.3) is 0 Å². The van der Waals surface area contributed by atoms with Gasteiger partial charge in [-0.25, -0.2) is 9.97 Å². The van der Waals surface area contributed by atoms with Crippen molar-refractivity contribution in [2.45, 2.75) is 19.4 Å². The number of benzene rings is 1. The van der Waals surface area contributed by atoms with E-state index >= 15 is 0 Å². The summed E-state index contributed by atoms with van der Waals surface area (Å²) in [5.41, 5.74) is 1.76. The Kier molecular flexibility index (Phi) is 6.15. The van der Waals surface area contributed by atoms with Crippen LogP contribution in [0.4, 0.5) is 5.13 Å². The lowest BCUT2D eigenvalue weighted by molar-refractivity contribution is -0.132. The van der Waals surface area contributed by atoms with E-state index < -0.39 is 0 Å². The zero-order valence-corrected chi connectivity index (χ0v) is 18.1. The van der Waals surface area contributed by atoms with Gasteiger partial charge in [-0.1, -0.05) is 35.1 Å². The van der Waals surface area contributed by atoms with Crippen LogP contribution in [0, 0.1) is 0 Å². The average Bonchev–Trinajstić information content (AvgIpc) is 3.18. The summed E-state index contributed by atoms with van der Waals surface area (Å²) < 4.78 is 0. The summed E-state index contributed by atoms with van der Waals surface area (Å²) in [6, 6.07) is 10.7. The molecule has 7 nitrogen and oxygen atoms in total. The maximum Gasteiger partial charge on any atom is 0.225 e. The van der Waals surface area contributed by atoms with Crippen LogP contribution in [0.15, 0.2) is 42.6 Å². The number of anilines is 1. The van der Waals surface area contributed by atoms with Crippen molar-refractivity contribution >= 4 is 50.2 Å². The fraction of sp³-hybridized carbons (Fsp3) is 0.333. The summed E-state index contributed by atoms with van der Waals surface area (Å²) in [5.74, 6) is -0.147. The predicted molar refractivity (Wildman–Crippen MR) is 119 cm³/mol. The molecule has 1 aliphatic rings. The Hall–Kier alpha value is -2.71. The molecule has 0 radical (unpaired) electrons. The largest absolute Gasteiger partial charge is 0.349 e. The van der Waals surface area contributed by atoms with Crippen molar-refractivity contribution in [3.05, 3.63) is 53.2 Å². The lowest BCUT2D eigenvalue weighted by Gasteiger charge is -2.35. The number of hydrogen-bond donors (Lipinski definition) is 1. The maximum absolute atomic E-state index is 12.9. The molecule has 9 heteroatoms. The van der Waals surface area contributed by atoms with Gasteiger partial charge in [-0.3, -0.25) is 9.59 Å². The highest BCUT2D eigenvalue weighted by atomic mass is 35.5. The quantitative estimate of drug-likeness (QED) is 0.654. The fourth-order valence-electron chi connectivity index (χ4n) is 3.54. The van der Waals surface area contributed by atoms with E-state index in [1.165, 1.54) is 6.92 Å². The number of carbonyl (C=O) groups is 2. The normalized spacial score (nSPS) is 15.3. The molecule has 30 heavy (non-hydrogen) atoms. The summed E-state index contributed by atoms with van der Waals surface area (Å²) in [5, 5.41) is 4.44. The van der Waals surface area contributed by atoms with Gasteiger partial charge in [0.1, 0.15) is 10.3 Å². The molecule has 2 aromatic heterocycles. The van der Waals surface area contributed by atoms with Crippen LogP contribution in [-0.4, -0.2) is 52.9 Å². The molecule has 156 valence electrons. The van der Waals surface area contributed by atoms with Crippen molar-refractivity contribution in [1.82, 2.24) is 20.2 Å². The van der Waals surface area contributed by atoms with Crippen molar-refractivity contribution in [2.24, 2.45) is 0 Å². The second-order valence-electron chi connectivity index (χ2n) is 7.20. The topological polar surface area (TPSA) is 78.4 Å². The van der Waals surface area contributed by atoms with Crippen molar-refractivity contribution in [3.63, 3.8) is 0 Å². The van der Waals surface area contributed by atoms with Gasteiger partial charge in [0.05, 0.1) is 12.5 Å². The van der Waals surface area contributed by atoms with Crippen LogP contribution < -0.4 is 10.2 Å². The second kappa shape index (κ2) is 8.97. The van der Waals surface area contributed by atoms with Crippen LogP contribution in [0.2, 0.25) is 5.02 Å². The molecular formula is C21H22ClN5O2S. The molecule has 0 spiro atoms. The van der Waals surface area contributed by atoms with E-state index in [4.69, 9.17) is 11.6 Å². The molecule has 1 N–H and O–H groups in total. The highest BCUT2D eigenvalue weighted by Gasteiger charge is 2.26. The molecular weight excluding hydrogens is 422 g/mol. The molecule has 3 aromatic rings. The second-order valence-corrected chi connectivity index (χ2v) is 8.59. The number of amides is 2. The summed E-state index contributed by atoms with van der Waals surface area (Å²) in [4.78, 5) is 38.5. The van der Waals surface area contributed by atoms with Gasteiger partial charge in [0, 0.05) is 44.3 Å². The highest BCUT2D eigenvalue weighted by molar-refractivity contribution is 7.21. The van der Waals surface area contributed by atoms with Crippen LogP contribution in [0.25, 0.3) is 10.3 Å². The van der Waals surface area contributed by atoms with E-state index in [2.05, 4.69) is 20.2 Å². The molecule has 4 rings (SSSR count). The number of aromatic nitrogens is 2. The molecule has 1 fully saturated rings. The maximum atomic E-state index is 12.9. The Labute approximate surface area is 183 Å². The van der Waals surface area contributed by atoms with Gasteiger partial charge in [0.15, 0.2) is 5.13 Å². The molecule has 0 bridgehead atoms. The Morgan fingerprint density at radius 3 is 2.57 bits per heavy atom. The van der Waals surface area contributed by atoms with E-state index in [1.54, 1.807) is 29.7 Å². The molecule has 2 amide bonds. The van der Waals surface area contributed by atoms with Crippen molar-refractivity contribution in [3.8, 4) is 0 Å². The van der Waals surface area contributed by atoms with Crippen molar-refractivity contribution < 1.29 is 9.59 Å². The van der Waals surface area contributed by atoms with E-state index in [0.717, 1.165) is 34.1 Å². The number of nitrogens with zero attached hydrogens (tertiary/aromatic N) is 4. The zero-order chi connectivity index (χ0) is 21.1. The number of hydrogen-bond acceptors (Lipinski definition) is 6. The Bertz CT molecular complexity index is 1010. The van der Waals surface area contributed by atoms with Crippen LogP contribution in [-0.2, 0) is 9.59 Å². The number of thiazole rings is 1. The summed E-state index contributed by atoms with van der Waals surface area (Å²) in [6.45, 7) is 4.14. The van der Waals surface area contributed by atoms with Gasteiger partial charge in [-0.05, 0) is 29.8 Å². The number of nitrogens with one attached hydrogen (secondary N) is 1. The lowest BCUT2D eigenvalue weighted by Crippen LogP contribution is -2.49.